The van der Waals surface area contributed by atoms with E-state index in [1.165, 1.54) is 16.7 Å². The van der Waals surface area contributed by atoms with Gasteiger partial charge in [-0.15, -0.1) is 0 Å². The highest BCUT2D eigenvalue weighted by atomic mass is 79.9. The summed E-state index contributed by atoms with van der Waals surface area (Å²) in [7, 11) is 0. The maximum atomic E-state index is 11.8. The maximum Gasteiger partial charge on any atom is 0.193 e. The molecule has 4 aliphatic rings. The van der Waals surface area contributed by atoms with Crippen molar-refractivity contribution in [3.8, 4) is 0 Å². The number of halogens is 1. The van der Waals surface area contributed by atoms with Gasteiger partial charge in [0.2, 0.25) is 0 Å². The minimum absolute atomic E-state index is 0.0547. The lowest BCUT2D eigenvalue weighted by Crippen LogP contribution is -2.30. The smallest absolute Gasteiger partial charge is 0.193 e. The van der Waals surface area contributed by atoms with E-state index in [-0.39, 0.29) is 5.78 Å². The zero-order valence-corrected chi connectivity index (χ0v) is 11.2. The molecule has 1 aliphatic heterocycles. The number of hydrogen-bond acceptors (Lipinski definition) is 3. The van der Waals surface area contributed by atoms with Crippen LogP contribution in [0.5, 0.6) is 0 Å². The molecule has 1 saturated heterocycles. The van der Waals surface area contributed by atoms with Crippen LogP contribution in [0, 0.1) is 0 Å². The number of carbonyl (C=O) groups is 1. The molecule has 1 heterocycles. The van der Waals surface area contributed by atoms with Crippen LogP contribution in [0.1, 0.15) is 6.42 Å². The molecule has 0 bridgehead atoms. The van der Waals surface area contributed by atoms with Crippen molar-refractivity contribution >= 4 is 21.7 Å². The summed E-state index contributed by atoms with van der Waals surface area (Å²) in [4.78, 5) is 11.8. The van der Waals surface area contributed by atoms with Gasteiger partial charge in [0.05, 0.1) is 4.48 Å². The summed E-state index contributed by atoms with van der Waals surface area (Å²) in [6.07, 6.45) is 8.95. The van der Waals surface area contributed by atoms with Crippen LogP contribution in [0.2, 0.25) is 0 Å². The molecule has 0 aromatic heterocycles. The zero-order chi connectivity index (χ0) is 12.3. The highest BCUT2D eigenvalue weighted by Crippen LogP contribution is 2.45. The van der Waals surface area contributed by atoms with Crippen molar-refractivity contribution in [2.45, 2.75) is 12.5 Å². The van der Waals surface area contributed by atoms with Crippen molar-refractivity contribution in [1.29, 1.82) is 0 Å². The van der Waals surface area contributed by atoms with Crippen molar-refractivity contribution in [2.24, 2.45) is 0 Å². The van der Waals surface area contributed by atoms with Crippen LogP contribution in [-0.4, -0.2) is 18.4 Å². The SMILES string of the molecule is O=C1C=CC2=CC3=C4CNNC4CC=C3C2=C1Br. The molecule has 0 radical (unpaired) electrons. The van der Waals surface area contributed by atoms with Gasteiger partial charge in [-0.2, -0.15) is 0 Å². The molecule has 18 heavy (non-hydrogen) atoms. The van der Waals surface area contributed by atoms with Gasteiger partial charge in [-0.25, -0.2) is 5.43 Å². The van der Waals surface area contributed by atoms with Gasteiger partial charge >= 0.3 is 0 Å². The normalized spacial score (nSPS) is 29.2. The van der Waals surface area contributed by atoms with Gasteiger partial charge in [0.1, 0.15) is 0 Å². The lowest BCUT2D eigenvalue weighted by molar-refractivity contribution is -0.110. The van der Waals surface area contributed by atoms with Crippen LogP contribution in [0.3, 0.4) is 0 Å². The summed E-state index contributed by atoms with van der Waals surface area (Å²) < 4.78 is 0.690. The van der Waals surface area contributed by atoms with Gasteiger partial charge in [0.25, 0.3) is 0 Å². The Balaban J connectivity index is 1.95. The first kappa shape index (κ1) is 10.7. The second kappa shape index (κ2) is 3.63. The minimum Gasteiger partial charge on any atom is -0.289 e. The lowest BCUT2D eigenvalue weighted by Gasteiger charge is -2.20. The first-order valence-electron chi connectivity index (χ1n) is 6.02. The number of hydrogen-bond donors (Lipinski definition) is 2. The molecule has 0 aromatic rings. The van der Waals surface area contributed by atoms with Crippen LogP contribution in [0.25, 0.3) is 0 Å². The predicted octanol–water partition coefficient (Wildman–Crippen LogP) is 1.82. The van der Waals surface area contributed by atoms with E-state index in [0.717, 1.165) is 24.1 Å². The van der Waals surface area contributed by atoms with Gasteiger partial charge in [0.15, 0.2) is 5.78 Å². The third-order valence-corrected chi connectivity index (χ3v) is 4.66. The first-order valence-corrected chi connectivity index (χ1v) is 6.81. The number of rotatable bonds is 0. The van der Waals surface area contributed by atoms with Gasteiger partial charge < -0.3 is 0 Å². The molecule has 3 nitrogen and oxygen atoms in total. The highest BCUT2D eigenvalue weighted by molar-refractivity contribution is 9.12. The number of nitrogens with one attached hydrogen (secondary N) is 2. The number of hydrazine groups is 1. The highest BCUT2D eigenvalue weighted by Gasteiger charge is 2.34. The van der Waals surface area contributed by atoms with Crippen molar-refractivity contribution in [1.82, 2.24) is 10.9 Å². The van der Waals surface area contributed by atoms with Crippen LogP contribution in [0.15, 0.2) is 56.7 Å². The standard InChI is InChI=1S/C14H11BrN2O/c15-14-12(18)4-1-7-5-9-8(13(7)14)2-3-11-10(9)6-16-17-11/h1-2,4-5,11,16-17H,3,6H2. The Kier molecular flexibility index (Phi) is 2.15. The third kappa shape index (κ3) is 1.28. The molecule has 1 fully saturated rings. The number of carbonyl (C=O) groups excluding carboxylic acids is 1. The van der Waals surface area contributed by atoms with E-state index in [0.29, 0.717) is 10.5 Å². The van der Waals surface area contributed by atoms with Crippen LogP contribution < -0.4 is 10.9 Å². The van der Waals surface area contributed by atoms with Crippen molar-refractivity contribution < 1.29 is 4.79 Å². The summed E-state index contributed by atoms with van der Waals surface area (Å²) in [5.41, 5.74) is 12.6. The summed E-state index contributed by atoms with van der Waals surface area (Å²) in [6.45, 7) is 0.879. The van der Waals surface area contributed by atoms with Crippen molar-refractivity contribution in [2.75, 3.05) is 6.54 Å². The second-order valence-corrected chi connectivity index (χ2v) is 5.62. The molecular formula is C14H11BrN2O. The number of allylic oxidation sites excluding steroid dienone is 8. The van der Waals surface area contributed by atoms with E-state index in [9.17, 15) is 4.79 Å². The van der Waals surface area contributed by atoms with E-state index < -0.39 is 0 Å². The maximum absolute atomic E-state index is 11.8. The molecule has 2 N–H and O–H groups in total. The van der Waals surface area contributed by atoms with Crippen LogP contribution >= 0.6 is 15.9 Å². The number of fused-ring (bicyclic) bond motifs is 4. The molecule has 4 rings (SSSR count). The largest absolute Gasteiger partial charge is 0.289 e. The third-order valence-electron chi connectivity index (χ3n) is 3.88. The molecule has 1 atom stereocenters. The Labute approximate surface area is 113 Å². The monoisotopic (exact) mass is 302 g/mol. The van der Waals surface area contributed by atoms with E-state index in [1.807, 2.05) is 6.08 Å². The average Bonchev–Trinajstić information content (AvgIpc) is 2.96. The van der Waals surface area contributed by atoms with E-state index >= 15 is 0 Å². The average molecular weight is 303 g/mol. The van der Waals surface area contributed by atoms with Crippen LogP contribution in [0.4, 0.5) is 0 Å². The molecule has 0 amide bonds. The summed E-state index contributed by atoms with van der Waals surface area (Å²) in [5.74, 6) is 0.0547. The fourth-order valence-corrected chi connectivity index (χ4v) is 3.59. The van der Waals surface area contributed by atoms with E-state index in [2.05, 4.69) is 38.9 Å². The molecule has 0 aromatic carbocycles. The summed E-state index contributed by atoms with van der Waals surface area (Å²) >= 11 is 3.44. The molecular weight excluding hydrogens is 292 g/mol. The van der Waals surface area contributed by atoms with Gasteiger partial charge in [-0.1, -0.05) is 12.2 Å². The van der Waals surface area contributed by atoms with E-state index in [4.69, 9.17) is 0 Å². The summed E-state index contributed by atoms with van der Waals surface area (Å²) in [6, 6.07) is 0.403. The Morgan fingerprint density at radius 2 is 2.22 bits per heavy atom. The van der Waals surface area contributed by atoms with Gasteiger partial charge in [-0.3, -0.25) is 10.2 Å². The Hall–Kier alpha value is -1.23. The number of ketones is 1. The molecule has 3 aliphatic carbocycles. The topological polar surface area (TPSA) is 41.1 Å². The fraction of sp³-hybridized carbons (Fsp3) is 0.214. The Bertz CT molecular complexity index is 634. The molecule has 0 spiro atoms. The Morgan fingerprint density at radius 1 is 1.33 bits per heavy atom. The fourth-order valence-electron chi connectivity index (χ4n) is 3.01. The Morgan fingerprint density at radius 3 is 3.11 bits per heavy atom. The van der Waals surface area contributed by atoms with Crippen molar-refractivity contribution in [3.05, 3.63) is 56.7 Å². The lowest BCUT2D eigenvalue weighted by atomic mass is 9.87. The quantitative estimate of drug-likeness (QED) is 0.717. The molecule has 90 valence electrons. The van der Waals surface area contributed by atoms with Gasteiger partial charge in [0, 0.05) is 18.2 Å². The van der Waals surface area contributed by atoms with Gasteiger partial charge in [-0.05, 0) is 56.8 Å². The van der Waals surface area contributed by atoms with Crippen LogP contribution in [-0.2, 0) is 4.79 Å². The zero-order valence-electron chi connectivity index (χ0n) is 9.59. The second-order valence-electron chi connectivity index (χ2n) is 4.83. The van der Waals surface area contributed by atoms with E-state index in [1.54, 1.807) is 6.08 Å². The molecule has 4 heteroatoms. The molecule has 1 unspecified atom stereocenters. The predicted molar refractivity (Wildman–Crippen MR) is 72.8 cm³/mol. The first-order chi connectivity index (χ1) is 8.75. The van der Waals surface area contributed by atoms with Crippen molar-refractivity contribution in [3.63, 3.8) is 0 Å². The molecule has 0 saturated carbocycles. The summed E-state index contributed by atoms with van der Waals surface area (Å²) in [5, 5.41) is 0. The minimum atomic E-state index is 0.0547.